The number of unbranched alkanes of at least 4 members (excludes halogenated alkanes) is 17. The first-order chi connectivity index (χ1) is 22.3. The molecule has 0 aromatic heterocycles. The second kappa shape index (κ2) is 25.7. The number of hydrogen-bond donors (Lipinski definition) is 3. The first kappa shape index (κ1) is 42.8. The highest BCUT2D eigenvalue weighted by Crippen LogP contribution is 2.54. The fraction of sp³-hybridized carbons (Fsp3) is 0.925. The van der Waals surface area contributed by atoms with Crippen LogP contribution in [0.15, 0.2) is 11.5 Å². The number of ether oxygens (including phenoxy) is 2. The molecule has 0 amide bonds. The maximum absolute atomic E-state index is 12.7. The highest BCUT2D eigenvalue weighted by Gasteiger charge is 2.54. The molecule has 0 aromatic rings. The molecule has 3 N–H and O–H groups in total. The maximum Gasteiger partial charge on any atom is 0.378 e. The highest BCUT2D eigenvalue weighted by atomic mass is 16.6. The first-order valence-corrected chi connectivity index (χ1v) is 19.9. The minimum absolute atomic E-state index is 0.0481. The van der Waals surface area contributed by atoms with Crippen LogP contribution in [-0.4, -0.2) is 45.7 Å². The Labute approximate surface area is 284 Å². The fourth-order valence-corrected chi connectivity index (χ4v) is 7.75. The number of cyclic esters (lactones) is 1. The number of rotatable bonds is 32. The largest absolute Gasteiger partial charge is 0.499 e. The molecule has 46 heavy (non-hydrogen) atoms. The Bertz CT molecular complexity index is 769. The van der Waals surface area contributed by atoms with E-state index >= 15 is 0 Å². The molecule has 0 fully saturated rings. The number of carbonyl (C=O) groups is 1. The molecule has 1 heterocycles. The molecule has 0 saturated heterocycles. The molecule has 0 aromatic carbocycles. The van der Waals surface area contributed by atoms with Gasteiger partial charge < -0.3 is 24.8 Å². The number of hydrogen-bond acceptors (Lipinski definition) is 6. The van der Waals surface area contributed by atoms with Gasteiger partial charge in [0.05, 0.1) is 6.61 Å². The maximum atomic E-state index is 12.7. The van der Waals surface area contributed by atoms with Crippen LogP contribution in [-0.2, 0) is 14.3 Å². The van der Waals surface area contributed by atoms with Crippen molar-refractivity contribution in [1.29, 1.82) is 0 Å². The second-order valence-corrected chi connectivity index (χ2v) is 14.4. The van der Waals surface area contributed by atoms with Gasteiger partial charge in [-0.05, 0) is 44.9 Å². The van der Waals surface area contributed by atoms with Crippen molar-refractivity contribution in [2.24, 2.45) is 5.41 Å². The Morgan fingerprint density at radius 1 is 0.609 bits per heavy atom. The van der Waals surface area contributed by atoms with Crippen LogP contribution in [0.3, 0.4) is 0 Å². The van der Waals surface area contributed by atoms with E-state index in [4.69, 9.17) is 9.47 Å². The summed E-state index contributed by atoms with van der Waals surface area (Å²) in [6.07, 6.45) is 28.4. The van der Waals surface area contributed by atoms with E-state index in [9.17, 15) is 20.1 Å². The van der Waals surface area contributed by atoms with E-state index in [2.05, 4.69) is 34.6 Å². The van der Waals surface area contributed by atoms with Crippen molar-refractivity contribution in [2.75, 3.05) is 6.61 Å². The van der Waals surface area contributed by atoms with E-state index in [1.807, 2.05) is 0 Å². The zero-order valence-electron chi connectivity index (χ0n) is 31.0. The van der Waals surface area contributed by atoms with Crippen molar-refractivity contribution in [3.63, 3.8) is 0 Å². The molecule has 0 bridgehead atoms. The first-order valence-electron chi connectivity index (χ1n) is 19.9. The van der Waals surface area contributed by atoms with Gasteiger partial charge in [-0.25, -0.2) is 4.79 Å². The number of esters is 1. The van der Waals surface area contributed by atoms with Crippen LogP contribution in [0.2, 0.25) is 0 Å². The van der Waals surface area contributed by atoms with Gasteiger partial charge >= 0.3 is 5.97 Å². The van der Waals surface area contributed by atoms with Crippen LogP contribution in [0.25, 0.3) is 0 Å². The summed E-state index contributed by atoms with van der Waals surface area (Å²) in [4.78, 5) is 12.7. The Morgan fingerprint density at radius 3 is 1.35 bits per heavy atom. The molecule has 1 aliphatic heterocycles. The number of aliphatic hydroxyl groups excluding tert-OH is 3. The Kier molecular flexibility index (Phi) is 23.9. The summed E-state index contributed by atoms with van der Waals surface area (Å²) in [7, 11) is 0. The van der Waals surface area contributed by atoms with Crippen LogP contribution in [0, 0.1) is 5.41 Å². The summed E-state index contributed by atoms with van der Waals surface area (Å²) in [6.45, 7) is 10.7. The third-order valence-corrected chi connectivity index (χ3v) is 10.6. The summed E-state index contributed by atoms with van der Waals surface area (Å²) in [5, 5.41) is 31.7. The van der Waals surface area contributed by atoms with E-state index < -0.39 is 36.1 Å². The lowest BCUT2D eigenvalue weighted by atomic mass is 9.59. The topological polar surface area (TPSA) is 96.2 Å². The number of aliphatic hydroxyl groups is 3. The van der Waals surface area contributed by atoms with Gasteiger partial charge in [0.1, 0.15) is 11.7 Å². The van der Waals surface area contributed by atoms with E-state index in [1.54, 1.807) is 0 Å². The van der Waals surface area contributed by atoms with Gasteiger partial charge in [-0.1, -0.05) is 163 Å². The van der Waals surface area contributed by atoms with Gasteiger partial charge in [0, 0.05) is 5.41 Å². The summed E-state index contributed by atoms with van der Waals surface area (Å²) in [6, 6.07) is 0. The summed E-state index contributed by atoms with van der Waals surface area (Å²) in [5.74, 6) is -1.35. The molecule has 1 aliphatic rings. The minimum atomic E-state index is -1.34. The van der Waals surface area contributed by atoms with Crippen molar-refractivity contribution in [3.05, 3.63) is 11.5 Å². The normalized spacial score (nSPS) is 16.3. The molecule has 0 spiro atoms. The minimum Gasteiger partial charge on any atom is -0.499 e. The zero-order chi connectivity index (χ0) is 34.1. The lowest BCUT2D eigenvalue weighted by molar-refractivity contribution is -0.161. The quantitative estimate of drug-likeness (QED) is 0.0494. The Balaban J connectivity index is 3.80. The third-order valence-electron chi connectivity index (χ3n) is 10.6. The zero-order valence-corrected chi connectivity index (χ0v) is 31.0. The lowest BCUT2D eigenvalue weighted by Gasteiger charge is -2.52. The molecule has 272 valence electrons. The van der Waals surface area contributed by atoms with Crippen LogP contribution >= 0.6 is 0 Å². The van der Waals surface area contributed by atoms with Gasteiger partial charge in [-0.2, -0.15) is 0 Å². The Morgan fingerprint density at radius 2 is 0.957 bits per heavy atom. The van der Waals surface area contributed by atoms with Crippen LogP contribution in [0.1, 0.15) is 208 Å². The van der Waals surface area contributed by atoms with Crippen molar-refractivity contribution in [2.45, 2.75) is 226 Å². The SMILES string of the molecule is CCCCCCCCC(CCCCCC)(CCCCCC)C(CCCCCC)(CCCCCC)OC1=C(O)C(=O)O[C@@H]1[C@@H](O)CO. The van der Waals surface area contributed by atoms with Gasteiger partial charge in [-0.3, -0.25) is 0 Å². The molecule has 0 radical (unpaired) electrons. The molecule has 0 unspecified atom stereocenters. The second-order valence-electron chi connectivity index (χ2n) is 14.4. The monoisotopic (exact) mass is 653 g/mol. The van der Waals surface area contributed by atoms with Crippen molar-refractivity contribution in [3.8, 4) is 0 Å². The average Bonchev–Trinajstić information content (AvgIpc) is 3.34. The number of carbonyl (C=O) groups excluding carboxylic acids is 1. The average molecular weight is 653 g/mol. The predicted octanol–water partition coefficient (Wildman–Crippen LogP) is 11.4. The molecule has 6 nitrogen and oxygen atoms in total. The smallest absolute Gasteiger partial charge is 0.378 e. The molecule has 2 atom stereocenters. The van der Waals surface area contributed by atoms with Gasteiger partial charge in [-0.15, -0.1) is 0 Å². The Hall–Kier alpha value is -1.27. The fourth-order valence-electron chi connectivity index (χ4n) is 7.75. The highest BCUT2D eigenvalue weighted by molar-refractivity contribution is 5.89. The van der Waals surface area contributed by atoms with Gasteiger partial charge in [0.15, 0.2) is 11.9 Å². The molecular weight excluding hydrogens is 576 g/mol. The van der Waals surface area contributed by atoms with Gasteiger partial charge in [0.25, 0.3) is 0 Å². The standard InChI is InChI=1S/C40H76O6/c1-6-11-16-21-22-25-30-39(28-23-17-12-7-2,29-24-18-13-8-3)40(31-26-19-14-9-4,32-27-20-15-10-5)46-37-35(43)38(44)45-36(37)34(42)33-41/h34,36,41-43H,6-33H2,1-5H3/t34-,36+/m0/s1. The van der Waals surface area contributed by atoms with Crippen molar-refractivity contribution < 1.29 is 29.6 Å². The van der Waals surface area contributed by atoms with E-state index in [0.717, 1.165) is 89.9 Å². The molecule has 0 saturated carbocycles. The van der Waals surface area contributed by atoms with Crippen LogP contribution < -0.4 is 0 Å². The van der Waals surface area contributed by atoms with Gasteiger partial charge in [0.2, 0.25) is 5.76 Å². The van der Waals surface area contributed by atoms with Crippen LogP contribution in [0.5, 0.6) is 0 Å². The van der Waals surface area contributed by atoms with E-state index in [0.29, 0.717) is 0 Å². The molecule has 0 aliphatic carbocycles. The van der Waals surface area contributed by atoms with Crippen molar-refractivity contribution in [1.82, 2.24) is 0 Å². The molecular formula is C40H76O6. The molecule has 1 rings (SSSR count). The third kappa shape index (κ3) is 14.5. The van der Waals surface area contributed by atoms with Crippen LogP contribution in [0.4, 0.5) is 0 Å². The van der Waals surface area contributed by atoms with E-state index in [-0.39, 0.29) is 11.2 Å². The lowest BCUT2D eigenvalue weighted by Crippen LogP contribution is -2.52. The summed E-state index contributed by atoms with van der Waals surface area (Å²) < 4.78 is 12.7. The molecule has 6 heteroatoms. The summed E-state index contributed by atoms with van der Waals surface area (Å²) >= 11 is 0. The summed E-state index contributed by atoms with van der Waals surface area (Å²) in [5.41, 5.74) is -0.716. The predicted molar refractivity (Wildman–Crippen MR) is 192 cm³/mol. The van der Waals surface area contributed by atoms with Crippen molar-refractivity contribution >= 4 is 5.97 Å². The van der Waals surface area contributed by atoms with E-state index in [1.165, 1.54) is 83.5 Å².